The van der Waals surface area contributed by atoms with Gasteiger partial charge in [-0.25, -0.2) is 9.78 Å². The number of fused-ring (bicyclic) bond motifs is 1. The van der Waals surface area contributed by atoms with Crippen molar-refractivity contribution in [2.45, 2.75) is 57.4 Å². The summed E-state index contributed by atoms with van der Waals surface area (Å²) in [5.74, 6) is 2.25. The predicted octanol–water partition coefficient (Wildman–Crippen LogP) is 2.30. The number of aromatic nitrogens is 2. The van der Waals surface area contributed by atoms with Gasteiger partial charge in [-0.2, -0.15) is 11.8 Å². The van der Waals surface area contributed by atoms with Gasteiger partial charge in [0, 0.05) is 55.7 Å². The highest BCUT2D eigenvalue weighted by Gasteiger charge is 2.28. The van der Waals surface area contributed by atoms with Crippen molar-refractivity contribution < 1.29 is 4.79 Å². The van der Waals surface area contributed by atoms with Gasteiger partial charge >= 0.3 is 6.03 Å². The summed E-state index contributed by atoms with van der Waals surface area (Å²) in [5, 5.41) is 3.57. The number of hydrogen-bond acceptors (Lipinski definition) is 3. The number of carbonyl (C=O) groups is 1. The molecule has 1 aromatic heterocycles. The van der Waals surface area contributed by atoms with Crippen molar-refractivity contribution in [3.8, 4) is 0 Å². The van der Waals surface area contributed by atoms with E-state index in [0.29, 0.717) is 17.8 Å². The van der Waals surface area contributed by atoms with Crippen molar-refractivity contribution in [3.63, 3.8) is 0 Å². The van der Waals surface area contributed by atoms with Gasteiger partial charge in [0.2, 0.25) is 0 Å². The van der Waals surface area contributed by atoms with Gasteiger partial charge in [0.25, 0.3) is 0 Å². The van der Waals surface area contributed by atoms with E-state index >= 15 is 0 Å². The minimum absolute atomic E-state index is 0.0728. The van der Waals surface area contributed by atoms with E-state index in [-0.39, 0.29) is 6.03 Å². The molecule has 0 bridgehead atoms. The third-order valence-corrected chi connectivity index (χ3v) is 6.10. The molecule has 2 aliphatic rings. The largest absolute Gasteiger partial charge is 0.338 e. The van der Waals surface area contributed by atoms with Crippen LogP contribution in [0.4, 0.5) is 4.79 Å². The van der Waals surface area contributed by atoms with Crippen LogP contribution in [0.25, 0.3) is 0 Å². The summed E-state index contributed by atoms with van der Waals surface area (Å²) in [5.41, 5.74) is 1.10. The van der Waals surface area contributed by atoms with Gasteiger partial charge in [0.15, 0.2) is 0 Å². The average Bonchev–Trinajstić information content (AvgIpc) is 2.92. The summed E-state index contributed by atoms with van der Waals surface area (Å²) >= 11 is 1.95. The maximum absolute atomic E-state index is 12.3. The summed E-state index contributed by atoms with van der Waals surface area (Å²) in [6.45, 7) is 6.95. The Hall–Kier alpha value is -1.17. The van der Waals surface area contributed by atoms with Crippen LogP contribution in [0.2, 0.25) is 0 Å². The number of hydrogen-bond donors (Lipinski definition) is 1. The van der Waals surface area contributed by atoms with Crippen LogP contribution in [0.5, 0.6) is 0 Å². The summed E-state index contributed by atoms with van der Waals surface area (Å²) in [7, 11) is 0. The van der Waals surface area contributed by atoms with E-state index in [0.717, 1.165) is 37.4 Å². The number of carbonyl (C=O) groups excluding carboxylic acids is 1. The lowest BCUT2D eigenvalue weighted by molar-refractivity contribution is 0.180. The highest BCUT2D eigenvalue weighted by molar-refractivity contribution is 8.00. The van der Waals surface area contributed by atoms with Crippen molar-refractivity contribution in [1.82, 2.24) is 19.8 Å². The third kappa shape index (κ3) is 3.42. The monoisotopic (exact) mass is 322 g/mol. The number of nitrogens with zero attached hydrogens (tertiary/aromatic N) is 3. The molecule has 1 saturated heterocycles. The number of amides is 2. The lowest BCUT2D eigenvalue weighted by Crippen LogP contribution is -2.52. The van der Waals surface area contributed by atoms with Crippen molar-refractivity contribution in [3.05, 3.63) is 17.7 Å². The topological polar surface area (TPSA) is 50.2 Å². The van der Waals surface area contributed by atoms with Crippen LogP contribution < -0.4 is 5.32 Å². The first-order chi connectivity index (χ1) is 10.6. The molecule has 2 amide bonds. The summed E-state index contributed by atoms with van der Waals surface area (Å²) < 4.78 is 2.27. The van der Waals surface area contributed by atoms with Crippen molar-refractivity contribution >= 4 is 17.8 Å². The fraction of sp³-hybridized carbons (Fsp3) is 0.750. The van der Waals surface area contributed by atoms with E-state index in [9.17, 15) is 4.79 Å². The van der Waals surface area contributed by atoms with Gasteiger partial charge < -0.3 is 14.8 Å². The van der Waals surface area contributed by atoms with E-state index < -0.39 is 0 Å². The minimum Gasteiger partial charge on any atom is -0.338 e. The second-order valence-electron chi connectivity index (χ2n) is 6.29. The Morgan fingerprint density at radius 2 is 2.27 bits per heavy atom. The van der Waals surface area contributed by atoms with Crippen LogP contribution in [-0.2, 0) is 19.4 Å². The molecule has 1 N–H and O–H groups in total. The Kier molecular flexibility index (Phi) is 4.96. The lowest BCUT2D eigenvalue weighted by atomic mass is 10.2. The Morgan fingerprint density at radius 1 is 1.41 bits per heavy atom. The highest BCUT2D eigenvalue weighted by atomic mass is 32.2. The third-order valence-electron chi connectivity index (χ3n) is 4.76. The standard InChI is InChI=1S/C16H26N4OS/c1-12-13(2)22-10-9-20(12)16(21)17-7-6-14-11-19-8-4-3-5-15(19)18-14/h11-13H,3-10H2,1-2H3,(H,17,21)/t12-,13-/m0/s1. The fourth-order valence-electron chi connectivity index (χ4n) is 3.21. The maximum atomic E-state index is 12.3. The molecule has 3 rings (SSSR count). The van der Waals surface area contributed by atoms with Gasteiger partial charge in [-0.15, -0.1) is 0 Å². The molecule has 1 fully saturated rings. The molecular formula is C16H26N4OS. The number of nitrogens with one attached hydrogen (secondary N) is 1. The van der Waals surface area contributed by atoms with E-state index in [1.165, 1.54) is 18.7 Å². The maximum Gasteiger partial charge on any atom is 0.317 e. The van der Waals surface area contributed by atoms with Crippen LogP contribution in [0.1, 0.15) is 38.2 Å². The van der Waals surface area contributed by atoms with E-state index in [4.69, 9.17) is 0 Å². The first-order valence-electron chi connectivity index (χ1n) is 8.36. The summed E-state index contributed by atoms with van der Waals surface area (Å²) in [4.78, 5) is 19.0. The van der Waals surface area contributed by atoms with Gasteiger partial charge in [-0.1, -0.05) is 6.92 Å². The van der Waals surface area contributed by atoms with Gasteiger partial charge in [0.1, 0.15) is 5.82 Å². The normalized spacial score (nSPS) is 24.9. The molecule has 0 saturated carbocycles. The Bertz CT molecular complexity index is 507. The van der Waals surface area contributed by atoms with Crippen molar-refractivity contribution in [2.24, 2.45) is 0 Å². The molecule has 0 aliphatic carbocycles. The number of imidazole rings is 1. The zero-order valence-electron chi connectivity index (χ0n) is 13.5. The summed E-state index contributed by atoms with van der Waals surface area (Å²) in [6, 6.07) is 0.377. The highest BCUT2D eigenvalue weighted by Crippen LogP contribution is 2.24. The molecule has 5 nitrogen and oxygen atoms in total. The van der Waals surface area contributed by atoms with E-state index in [1.54, 1.807) is 0 Å². The summed E-state index contributed by atoms with van der Waals surface area (Å²) in [6.07, 6.45) is 6.56. The minimum atomic E-state index is 0.0728. The predicted molar refractivity (Wildman–Crippen MR) is 90.4 cm³/mol. The number of aryl methyl sites for hydroxylation is 2. The fourth-order valence-corrected chi connectivity index (χ4v) is 4.31. The molecule has 2 atom stereocenters. The Labute approximate surface area is 136 Å². The van der Waals surface area contributed by atoms with Crippen LogP contribution in [-0.4, -0.2) is 50.6 Å². The van der Waals surface area contributed by atoms with Crippen LogP contribution in [0.15, 0.2) is 6.20 Å². The second kappa shape index (κ2) is 6.94. The second-order valence-corrected chi connectivity index (χ2v) is 7.78. The molecule has 122 valence electrons. The van der Waals surface area contributed by atoms with Gasteiger partial charge in [-0.3, -0.25) is 0 Å². The SMILES string of the molecule is C[C@@H]1SCCN(C(=O)NCCc2cn3c(n2)CCCC3)[C@H]1C. The molecule has 0 unspecified atom stereocenters. The van der Waals surface area contributed by atoms with E-state index in [1.807, 2.05) is 16.7 Å². The van der Waals surface area contributed by atoms with Crippen LogP contribution in [0, 0.1) is 0 Å². The average molecular weight is 322 g/mol. The Morgan fingerprint density at radius 3 is 3.09 bits per heavy atom. The lowest BCUT2D eigenvalue weighted by Gasteiger charge is -2.37. The zero-order chi connectivity index (χ0) is 15.5. The molecule has 2 aliphatic heterocycles. The van der Waals surface area contributed by atoms with Gasteiger partial charge in [-0.05, 0) is 19.8 Å². The quantitative estimate of drug-likeness (QED) is 0.929. The smallest absolute Gasteiger partial charge is 0.317 e. The van der Waals surface area contributed by atoms with E-state index in [2.05, 4.69) is 34.9 Å². The zero-order valence-corrected chi connectivity index (χ0v) is 14.4. The first-order valence-corrected chi connectivity index (χ1v) is 9.41. The van der Waals surface area contributed by atoms with Crippen LogP contribution in [0.3, 0.4) is 0 Å². The number of thioether (sulfide) groups is 1. The Balaban J connectivity index is 1.48. The molecule has 22 heavy (non-hydrogen) atoms. The van der Waals surface area contributed by atoms with Crippen molar-refractivity contribution in [1.29, 1.82) is 0 Å². The van der Waals surface area contributed by atoms with Crippen LogP contribution >= 0.6 is 11.8 Å². The molecule has 0 aromatic carbocycles. The molecule has 6 heteroatoms. The molecule has 3 heterocycles. The number of urea groups is 1. The molecule has 1 aromatic rings. The van der Waals surface area contributed by atoms with Crippen molar-refractivity contribution in [2.75, 3.05) is 18.8 Å². The molecular weight excluding hydrogens is 296 g/mol. The van der Waals surface area contributed by atoms with Gasteiger partial charge in [0.05, 0.1) is 5.69 Å². The molecule has 0 spiro atoms. The molecule has 0 radical (unpaired) electrons. The number of rotatable bonds is 3. The first kappa shape index (κ1) is 15.7.